The fraction of sp³-hybridized carbons (Fsp3) is 0.200. The van der Waals surface area contributed by atoms with Gasteiger partial charge < -0.3 is 5.11 Å². The maximum absolute atomic E-state index is 10.4. The van der Waals surface area contributed by atoms with Gasteiger partial charge in [-0.3, -0.25) is 0 Å². The van der Waals surface area contributed by atoms with Crippen molar-refractivity contribution in [3.63, 3.8) is 0 Å². The summed E-state index contributed by atoms with van der Waals surface area (Å²) >= 11 is 14.5. The van der Waals surface area contributed by atoms with Gasteiger partial charge in [0.25, 0.3) is 0 Å². The molecule has 0 aliphatic rings. The molecule has 0 spiro atoms. The molecule has 2 aromatic rings. The Bertz CT molecular complexity index is 578. The van der Waals surface area contributed by atoms with Crippen LogP contribution < -0.4 is 0 Å². The molecule has 0 bridgehead atoms. The first-order valence-electron chi connectivity index (χ1n) is 5.86. The molecule has 0 fully saturated rings. The summed E-state index contributed by atoms with van der Waals surface area (Å²) in [6, 6.07) is 11.3. The minimum atomic E-state index is -0.607. The second-order valence-electron chi connectivity index (χ2n) is 4.40. The van der Waals surface area contributed by atoms with Gasteiger partial charge in [0.2, 0.25) is 0 Å². The minimum absolute atomic E-state index is 0.415. The summed E-state index contributed by atoms with van der Waals surface area (Å²) in [5.74, 6) is 0. The van der Waals surface area contributed by atoms with Gasteiger partial charge in [-0.1, -0.05) is 47.5 Å². The van der Waals surface area contributed by atoms with E-state index in [1.54, 1.807) is 18.2 Å². The third kappa shape index (κ3) is 3.43. The van der Waals surface area contributed by atoms with E-state index in [9.17, 15) is 5.11 Å². The van der Waals surface area contributed by atoms with Gasteiger partial charge in [-0.25, -0.2) is 0 Å². The number of aryl methyl sites for hydroxylation is 1. The molecule has 19 heavy (non-hydrogen) atoms. The fourth-order valence-corrected chi connectivity index (χ4v) is 3.23. The van der Waals surface area contributed by atoms with Crippen molar-refractivity contribution in [3.05, 3.63) is 66.7 Å². The van der Waals surface area contributed by atoms with Crippen molar-refractivity contribution in [1.82, 2.24) is 0 Å². The molecule has 1 unspecified atom stereocenters. The van der Waals surface area contributed by atoms with E-state index in [-0.39, 0.29) is 0 Å². The van der Waals surface area contributed by atoms with Crippen LogP contribution in [0.15, 0.2) is 36.4 Å². The van der Waals surface area contributed by atoms with E-state index in [4.69, 9.17) is 23.2 Å². The van der Waals surface area contributed by atoms with Crippen LogP contribution in [0.4, 0.5) is 0 Å². The van der Waals surface area contributed by atoms with Crippen LogP contribution in [0.3, 0.4) is 0 Å². The van der Waals surface area contributed by atoms with Gasteiger partial charge in [-0.05, 0) is 58.3 Å². The SMILES string of the molecule is Cc1cccc(C(O)Cc2c(Cl)cccc2Cl)c1I. The molecule has 0 aromatic heterocycles. The van der Waals surface area contributed by atoms with Crippen molar-refractivity contribution in [2.24, 2.45) is 0 Å². The monoisotopic (exact) mass is 406 g/mol. The standard InChI is InChI=1S/C15H13Cl2IO/c1-9-4-2-5-10(15(9)18)14(19)8-11-12(16)6-3-7-13(11)17/h2-7,14,19H,8H2,1H3. The molecule has 0 saturated heterocycles. The number of benzene rings is 2. The third-order valence-corrected chi connectivity index (χ3v) is 5.22. The first-order valence-corrected chi connectivity index (χ1v) is 7.70. The lowest BCUT2D eigenvalue weighted by Crippen LogP contribution is -2.05. The van der Waals surface area contributed by atoms with Gasteiger partial charge in [0.05, 0.1) is 6.10 Å². The normalized spacial score (nSPS) is 12.5. The molecule has 0 saturated carbocycles. The lowest BCUT2D eigenvalue weighted by molar-refractivity contribution is 0.177. The Morgan fingerprint density at radius 2 is 1.68 bits per heavy atom. The fourth-order valence-electron chi connectivity index (χ4n) is 1.96. The van der Waals surface area contributed by atoms with Crippen LogP contribution in [-0.2, 0) is 6.42 Å². The topological polar surface area (TPSA) is 20.2 Å². The highest BCUT2D eigenvalue weighted by molar-refractivity contribution is 14.1. The van der Waals surface area contributed by atoms with Crippen LogP contribution in [0.2, 0.25) is 10.0 Å². The van der Waals surface area contributed by atoms with E-state index in [0.717, 1.165) is 20.3 Å². The van der Waals surface area contributed by atoms with E-state index in [2.05, 4.69) is 22.6 Å². The van der Waals surface area contributed by atoms with Crippen molar-refractivity contribution in [2.45, 2.75) is 19.4 Å². The molecule has 0 aliphatic carbocycles. The molecule has 0 amide bonds. The third-order valence-electron chi connectivity index (χ3n) is 3.04. The predicted octanol–water partition coefficient (Wildman–Crippen LogP) is 5.18. The number of aliphatic hydroxyl groups excluding tert-OH is 1. The highest BCUT2D eigenvalue weighted by atomic mass is 127. The highest BCUT2D eigenvalue weighted by Crippen LogP contribution is 2.31. The molecule has 1 N–H and O–H groups in total. The largest absolute Gasteiger partial charge is 0.388 e. The second-order valence-corrected chi connectivity index (χ2v) is 6.29. The van der Waals surface area contributed by atoms with E-state index < -0.39 is 6.10 Å². The zero-order valence-corrected chi connectivity index (χ0v) is 14.0. The molecule has 2 aromatic carbocycles. The quantitative estimate of drug-likeness (QED) is 0.696. The molecule has 0 heterocycles. The van der Waals surface area contributed by atoms with Crippen LogP contribution in [0, 0.1) is 10.5 Å². The van der Waals surface area contributed by atoms with Crippen LogP contribution in [0.1, 0.15) is 22.8 Å². The molecule has 4 heteroatoms. The number of rotatable bonds is 3. The van der Waals surface area contributed by atoms with Gasteiger partial charge in [0.15, 0.2) is 0 Å². The smallest absolute Gasteiger partial charge is 0.0841 e. The van der Waals surface area contributed by atoms with E-state index in [1.165, 1.54) is 0 Å². The number of hydrogen-bond acceptors (Lipinski definition) is 1. The Morgan fingerprint density at radius 3 is 2.32 bits per heavy atom. The van der Waals surface area contributed by atoms with Crippen LogP contribution in [0.25, 0.3) is 0 Å². The Morgan fingerprint density at radius 1 is 1.11 bits per heavy atom. The Hall–Kier alpha value is -0.290. The van der Waals surface area contributed by atoms with Gasteiger partial charge >= 0.3 is 0 Å². The zero-order valence-electron chi connectivity index (χ0n) is 10.3. The van der Waals surface area contributed by atoms with Gasteiger partial charge in [0.1, 0.15) is 0 Å². The number of hydrogen-bond donors (Lipinski definition) is 1. The Kier molecular flexibility index (Phi) is 5.12. The van der Waals surface area contributed by atoms with Crippen LogP contribution >= 0.6 is 45.8 Å². The molecule has 0 radical (unpaired) electrons. The van der Waals surface area contributed by atoms with Crippen molar-refractivity contribution in [1.29, 1.82) is 0 Å². The van der Waals surface area contributed by atoms with Gasteiger partial charge in [-0.2, -0.15) is 0 Å². The molecule has 0 aliphatic heterocycles. The Labute approximate surface area is 136 Å². The summed E-state index contributed by atoms with van der Waals surface area (Å²) < 4.78 is 1.08. The van der Waals surface area contributed by atoms with Crippen LogP contribution in [0.5, 0.6) is 0 Å². The molecule has 2 rings (SSSR count). The highest BCUT2D eigenvalue weighted by Gasteiger charge is 2.16. The maximum atomic E-state index is 10.4. The molecular formula is C15H13Cl2IO. The van der Waals surface area contributed by atoms with E-state index >= 15 is 0 Å². The molecular weight excluding hydrogens is 394 g/mol. The zero-order chi connectivity index (χ0) is 14.0. The molecule has 1 atom stereocenters. The van der Waals surface area contributed by atoms with Gasteiger partial charge in [0, 0.05) is 20.0 Å². The van der Waals surface area contributed by atoms with Crippen molar-refractivity contribution in [2.75, 3.05) is 0 Å². The second kappa shape index (κ2) is 6.44. The summed E-state index contributed by atoms with van der Waals surface area (Å²) in [7, 11) is 0. The molecule has 1 nitrogen and oxygen atoms in total. The van der Waals surface area contributed by atoms with E-state index in [1.807, 2.05) is 25.1 Å². The minimum Gasteiger partial charge on any atom is -0.388 e. The van der Waals surface area contributed by atoms with Crippen molar-refractivity contribution >= 4 is 45.8 Å². The number of aliphatic hydroxyl groups is 1. The Balaban J connectivity index is 2.31. The summed E-state index contributed by atoms with van der Waals surface area (Å²) in [6.07, 6.45) is -0.193. The summed E-state index contributed by atoms with van der Waals surface area (Å²) in [5.41, 5.74) is 2.86. The first-order chi connectivity index (χ1) is 9.00. The average molecular weight is 407 g/mol. The summed E-state index contributed by atoms with van der Waals surface area (Å²) in [4.78, 5) is 0. The number of halogens is 3. The van der Waals surface area contributed by atoms with Crippen molar-refractivity contribution < 1.29 is 5.11 Å². The first kappa shape index (κ1) is 15.1. The van der Waals surface area contributed by atoms with Crippen molar-refractivity contribution in [3.8, 4) is 0 Å². The maximum Gasteiger partial charge on any atom is 0.0841 e. The van der Waals surface area contributed by atoms with Crippen LogP contribution in [-0.4, -0.2) is 5.11 Å². The van der Waals surface area contributed by atoms with Gasteiger partial charge in [-0.15, -0.1) is 0 Å². The van der Waals surface area contributed by atoms with E-state index in [0.29, 0.717) is 16.5 Å². The average Bonchev–Trinajstić information content (AvgIpc) is 2.37. The lowest BCUT2D eigenvalue weighted by Gasteiger charge is -2.16. The molecule has 100 valence electrons. The predicted molar refractivity (Wildman–Crippen MR) is 89.0 cm³/mol. The summed E-state index contributed by atoms with van der Waals surface area (Å²) in [6.45, 7) is 2.03. The lowest BCUT2D eigenvalue weighted by atomic mass is 10.00. The summed E-state index contributed by atoms with van der Waals surface area (Å²) in [5, 5.41) is 11.6.